The molecule has 92 valence electrons. The number of hydrogen-bond acceptors (Lipinski definition) is 2. The molecule has 2 heteroatoms. The zero-order chi connectivity index (χ0) is 11.7. The van der Waals surface area contributed by atoms with Crippen LogP contribution in [0.5, 0.6) is 0 Å². The fraction of sp³-hybridized carbons (Fsp3) is 0.600. The molecular weight excluding hydrogens is 208 g/mol. The van der Waals surface area contributed by atoms with Gasteiger partial charge in [-0.25, -0.2) is 0 Å². The van der Waals surface area contributed by atoms with Crippen LogP contribution in [0.3, 0.4) is 0 Å². The molecule has 1 N–H and O–H groups in total. The van der Waals surface area contributed by atoms with E-state index in [1.165, 1.54) is 43.9 Å². The Balaban J connectivity index is 1.84. The molecule has 0 aromatic heterocycles. The molecule has 2 heterocycles. The first-order valence-corrected chi connectivity index (χ1v) is 6.90. The predicted molar refractivity (Wildman–Crippen MR) is 72.5 cm³/mol. The third-order valence-corrected chi connectivity index (χ3v) is 4.20. The fourth-order valence-corrected chi connectivity index (χ4v) is 3.42. The van der Waals surface area contributed by atoms with Gasteiger partial charge in [0, 0.05) is 18.8 Å². The molecule has 2 nitrogen and oxygen atoms in total. The Morgan fingerprint density at radius 1 is 1.18 bits per heavy atom. The first kappa shape index (κ1) is 11.1. The van der Waals surface area contributed by atoms with E-state index in [0.29, 0.717) is 0 Å². The zero-order valence-corrected chi connectivity index (χ0v) is 10.7. The van der Waals surface area contributed by atoms with Crippen LogP contribution in [0.15, 0.2) is 24.3 Å². The average Bonchev–Trinajstić information content (AvgIpc) is 2.38. The molecule has 0 spiro atoms. The van der Waals surface area contributed by atoms with Gasteiger partial charge in [0.2, 0.25) is 0 Å². The maximum Gasteiger partial charge on any atom is 0.0398 e. The van der Waals surface area contributed by atoms with Crippen LogP contribution in [-0.4, -0.2) is 26.2 Å². The van der Waals surface area contributed by atoms with Crippen molar-refractivity contribution < 1.29 is 0 Å². The Morgan fingerprint density at radius 2 is 1.88 bits per heavy atom. The van der Waals surface area contributed by atoms with Gasteiger partial charge >= 0.3 is 0 Å². The van der Waals surface area contributed by atoms with Crippen LogP contribution in [0.4, 0.5) is 5.69 Å². The van der Waals surface area contributed by atoms with E-state index in [9.17, 15) is 0 Å². The van der Waals surface area contributed by atoms with E-state index in [2.05, 4.69) is 41.4 Å². The summed E-state index contributed by atoms with van der Waals surface area (Å²) in [5, 5.41) is 3.56. The molecule has 2 unspecified atom stereocenters. The Morgan fingerprint density at radius 3 is 2.59 bits per heavy atom. The minimum absolute atomic E-state index is 0.854. The zero-order valence-electron chi connectivity index (χ0n) is 10.7. The highest BCUT2D eigenvalue weighted by Gasteiger charge is 2.30. The van der Waals surface area contributed by atoms with Gasteiger partial charge in [0.1, 0.15) is 0 Å². The maximum absolute atomic E-state index is 3.56. The van der Waals surface area contributed by atoms with Gasteiger partial charge in [0.05, 0.1) is 0 Å². The molecule has 0 saturated carbocycles. The van der Waals surface area contributed by atoms with Crippen molar-refractivity contribution in [3.63, 3.8) is 0 Å². The largest absolute Gasteiger partial charge is 0.371 e. The summed E-state index contributed by atoms with van der Waals surface area (Å²) in [6, 6.07) is 8.91. The second-order valence-electron chi connectivity index (χ2n) is 5.51. The molecule has 0 amide bonds. The number of nitrogens with one attached hydrogen (secondary N) is 1. The van der Waals surface area contributed by atoms with Gasteiger partial charge in [-0.2, -0.15) is 0 Å². The van der Waals surface area contributed by atoms with E-state index < -0.39 is 0 Å². The minimum atomic E-state index is 0.854. The standard InChI is InChI=1S/C15H22N2/c1-2-14-5-3-4-6-15(14)17-10-12-7-13(11-17)9-16-8-12/h3-6,12-13,16H,2,7-11H2,1H3. The van der Waals surface area contributed by atoms with Gasteiger partial charge in [0.15, 0.2) is 0 Å². The van der Waals surface area contributed by atoms with Gasteiger partial charge in [-0.15, -0.1) is 0 Å². The Hall–Kier alpha value is -1.02. The van der Waals surface area contributed by atoms with Crippen molar-refractivity contribution in [3.05, 3.63) is 29.8 Å². The van der Waals surface area contributed by atoms with Crippen LogP contribution in [0.25, 0.3) is 0 Å². The number of aryl methyl sites for hydroxylation is 1. The van der Waals surface area contributed by atoms with Crippen molar-refractivity contribution in [2.24, 2.45) is 11.8 Å². The SMILES string of the molecule is CCc1ccccc1N1CC2CNCC(C2)C1. The molecule has 1 aromatic carbocycles. The van der Waals surface area contributed by atoms with E-state index in [-0.39, 0.29) is 0 Å². The van der Waals surface area contributed by atoms with E-state index >= 15 is 0 Å². The molecule has 0 radical (unpaired) electrons. The Kier molecular flexibility index (Phi) is 3.06. The lowest BCUT2D eigenvalue weighted by Gasteiger charge is -2.43. The second-order valence-corrected chi connectivity index (χ2v) is 5.51. The average molecular weight is 230 g/mol. The van der Waals surface area contributed by atoms with E-state index in [4.69, 9.17) is 0 Å². The number of hydrogen-bond donors (Lipinski definition) is 1. The maximum atomic E-state index is 3.56. The van der Waals surface area contributed by atoms with Crippen LogP contribution < -0.4 is 10.2 Å². The highest BCUT2D eigenvalue weighted by atomic mass is 15.2. The van der Waals surface area contributed by atoms with Gasteiger partial charge in [-0.05, 0) is 49.4 Å². The number of anilines is 1. The highest BCUT2D eigenvalue weighted by Crippen LogP contribution is 2.30. The molecule has 2 fully saturated rings. The summed E-state index contributed by atoms with van der Waals surface area (Å²) >= 11 is 0. The van der Waals surface area contributed by atoms with Crippen molar-refractivity contribution in [2.45, 2.75) is 19.8 Å². The number of nitrogens with zero attached hydrogens (tertiary/aromatic N) is 1. The third-order valence-electron chi connectivity index (χ3n) is 4.20. The summed E-state index contributed by atoms with van der Waals surface area (Å²) in [4.78, 5) is 2.62. The summed E-state index contributed by atoms with van der Waals surface area (Å²) in [7, 11) is 0. The van der Waals surface area contributed by atoms with Gasteiger partial charge in [-0.1, -0.05) is 25.1 Å². The van der Waals surface area contributed by atoms with Crippen molar-refractivity contribution in [3.8, 4) is 0 Å². The van der Waals surface area contributed by atoms with Gasteiger partial charge in [0.25, 0.3) is 0 Å². The molecular formula is C15H22N2. The van der Waals surface area contributed by atoms with Gasteiger partial charge < -0.3 is 10.2 Å². The van der Waals surface area contributed by atoms with Crippen LogP contribution in [0, 0.1) is 11.8 Å². The van der Waals surface area contributed by atoms with Crippen molar-refractivity contribution >= 4 is 5.69 Å². The molecule has 17 heavy (non-hydrogen) atoms. The van der Waals surface area contributed by atoms with Crippen molar-refractivity contribution in [1.82, 2.24) is 5.32 Å². The molecule has 1 aromatic rings. The number of benzene rings is 1. The van der Waals surface area contributed by atoms with E-state index in [1.807, 2.05) is 0 Å². The molecule has 2 aliphatic heterocycles. The summed E-state index contributed by atoms with van der Waals surface area (Å²) in [5.41, 5.74) is 2.98. The highest BCUT2D eigenvalue weighted by molar-refractivity contribution is 5.54. The first-order valence-electron chi connectivity index (χ1n) is 6.90. The Bertz CT molecular complexity index is 376. The summed E-state index contributed by atoms with van der Waals surface area (Å²) < 4.78 is 0. The van der Waals surface area contributed by atoms with Crippen molar-refractivity contribution in [1.29, 1.82) is 0 Å². The monoisotopic (exact) mass is 230 g/mol. The molecule has 3 rings (SSSR count). The molecule has 2 atom stereocenters. The number of fused-ring (bicyclic) bond motifs is 2. The first-order chi connectivity index (χ1) is 8.36. The van der Waals surface area contributed by atoms with Crippen LogP contribution in [0.1, 0.15) is 18.9 Å². The van der Waals surface area contributed by atoms with Gasteiger partial charge in [-0.3, -0.25) is 0 Å². The lowest BCUT2D eigenvalue weighted by molar-refractivity contribution is 0.249. The second kappa shape index (κ2) is 4.69. The predicted octanol–water partition coefficient (Wildman–Crippen LogP) is 2.29. The number of piperidine rings is 2. The van der Waals surface area contributed by atoms with Crippen LogP contribution in [-0.2, 0) is 6.42 Å². The smallest absolute Gasteiger partial charge is 0.0398 e. The lowest BCUT2D eigenvalue weighted by Crippen LogP contribution is -2.51. The minimum Gasteiger partial charge on any atom is -0.371 e. The topological polar surface area (TPSA) is 15.3 Å². The normalized spacial score (nSPS) is 28.2. The van der Waals surface area contributed by atoms with Crippen molar-refractivity contribution in [2.75, 3.05) is 31.1 Å². The number of para-hydroxylation sites is 1. The van der Waals surface area contributed by atoms with Crippen LogP contribution in [0.2, 0.25) is 0 Å². The summed E-state index contributed by atoms with van der Waals surface area (Å²) in [5.74, 6) is 1.71. The Labute approximate surface area is 104 Å². The summed E-state index contributed by atoms with van der Waals surface area (Å²) in [6.45, 7) is 7.15. The molecule has 0 aliphatic carbocycles. The van der Waals surface area contributed by atoms with Crippen LogP contribution >= 0.6 is 0 Å². The van der Waals surface area contributed by atoms with E-state index in [0.717, 1.165) is 18.3 Å². The molecule has 2 bridgehead atoms. The van der Waals surface area contributed by atoms with E-state index in [1.54, 1.807) is 0 Å². The lowest BCUT2D eigenvalue weighted by atomic mass is 9.85. The third kappa shape index (κ3) is 2.19. The number of rotatable bonds is 2. The summed E-state index contributed by atoms with van der Waals surface area (Å²) in [6.07, 6.45) is 2.57. The molecule has 2 saturated heterocycles. The quantitative estimate of drug-likeness (QED) is 0.838. The molecule has 2 aliphatic rings. The fourth-order valence-electron chi connectivity index (χ4n) is 3.42.